The number of H-pyrrole nitrogens is 1. The molecule has 0 saturated carbocycles. The molecule has 4 N–H and O–H groups in total. The highest BCUT2D eigenvalue weighted by Crippen LogP contribution is 2.29. The molecule has 1 aromatic carbocycles. The summed E-state index contributed by atoms with van der Waals surface area (Å²) in [6.07, 6.45) is 3.20. The van der Waals surface area contributed by atoms with Gasteiger partial charge in [-0.15, -0.1) is 0 Å². The molecule has 0 aliphatic rings. The van der Waals surface area contributed by atoms with Gasteiger partial charge in [-0.1, -0.05) is 0 Å². The summed E-state index contributed by atoms with van der Waals surface area (Å²) in [4.78, 5) is 6.88. The van der Waals surface area contributed by atoms with Crippen molar-refractivity contribution in [2.45, 2.75) is 26.5 Å². The molecule has 0 fully saturated rings. The standard InChI is InChI=1S/C13H17FN4O/c1-8(2)19-13-4-12(11(15)3-10(13)14)17-6-9-5-16-7-18-9/h3-5,7-8,17H,6,15H2,1-2H3,(H,16,18). The van der Waals surface area contributed by atoms with Crippen LogP contribution in [0.2, 0.25) is 0 Å². The molecule has 0 amide bonds. The van der Waals surface area contributed by atoms with E-state index in [1.807, 2.05) is 13.8 Å². The number of rotatable bonds is 5. The first-order valence-electron chi connectivity index (χ1n) is 6.03. The number of nitrogens with two attached hydrogens (primary N) is 1. The van der Waals surface area contributed by atoms with Gasteiger partial charge >= 0.3 is 0 Å². The Labute approximate surface area is 111 Å². The summed E-state index contributed by atoms with van der Waals surface area (Å²) in [5, 5.41) is 3.11. The predicted molar refractivity (Wildman–Crippen MR) is 72.5 cm³/mol. The summed E-state index contributed by atoms with van der Waals surface area (Å²) in [6.45, 7) is 4.21. The van der Waals surface area contributed by atoms with E-state index in [-0.39, 0.29) is 11.9 Å². The van der Waals surface area contributed by atoms with Crippen molar-refractivity contribution < 1.29 is 9.13 Å². The number of imidazole rings is 1. The highest BCUT2D eigenvalue weighted by atomic mass is 19.1. The first-order valence-corrected chi connectivity index (χ1v) is 6.03. The van der Waals surface area contributed by atoms with E-state index < -0.39 is 5.82 Å². The van der Waals surface area contributed by atoms with E-state index in [9.17, 15) is 4.39 Å². The van der Waals surface area contributed by atoms with Gasteiger partial charge in [-0.2, -0.15) is 0 Å². The first-order chi connectivity index (χ1) is 9.06. The van der Waals surface area contributed by atoms with Crippen molar-refractivity contribution in [2.24, 2.45) is 0 Å². The molecule has 5 nitrogen and oxygen atoms in total. The summed E-state index contributed by atoms with van der Waals surface area (Å²) >= 11 is 0. The molecule has 0 aliphatic carbocycles. The predicted octanol–water partition coefficient (Wildman–Crippen LogP) is 2.53. The van der Waals surface area contributed by atoms with Gasteiger partial charge < -0.3 is 20.8 Å². The van der Waals surface area contributed by atoms with E-state index in [0.717, 1.165) is 5.69 Å². The number of ether oxygens (including phenoxy) is 1. The molecule has 1 heterocycles. The van der Waals surface area contributed by atoms with Crippen LogP contribution in [0.1, 0.15) is 19.5 Å². The van der Waals surface area contributed by atoms with Gasteiger partial charge in [0.25, 0.3) is 0 Å². The fourth-order valence-corrected chi connectivity index (χ4v) is 1.64. The minimum absolute atomic E-state index is 0.0985. The number of anilines is 2. The molecule has 0 bridgehead atoms. The number of halogens is 1. The fourth-order valence-electron chi connectivity index (χ4n) is 1.64. The average molecular weight is 264 g/mol. The number of nitrogen functional groups attached to an aromatic ring is 1. The van der Waals surface area contributed by atoms with Gasteiger partial charge in [0.15, 0.2) is 11.6 Å². The van der Waals surface area contributed by atoms with Crippen molar-refractivity contribution in [3.8, 4) is 5.75 Å². The Morgan fingerprint density at radius 2 is 2.26 bits per heavy atom. The summed E-state index contributed by atoms with van der Waals surface area (Å²) in [7, 11) is 0. The van der Waals surface area contributed by atoms with E-state index in [1.165, 1.54) is 6.07 Å². The molecular formula is C13H17FN4O. The Morgan fingerprint density at radius 1 is 1.47 bits per heavy atom. The Balaban J connectivity index is 2.15. The SMILES string of the molecule is CC(C)Oc1cc(NCc2cnc[nH]2)c(N)cc1F. The summed E-state index contributed by atoms with van der Waals surface area (Å²) < 4.78 is 19.0. The van der Waals surface area contributed by atoms with Gasteiger partial charge in [-0.3, -0.25) is 0 Å². The van der Waals surface area contributed by atoms with Crippen molar-refractivity contribution >= 4 is 11.4 Å². The number of nitrogens with zero attached hydrogens (tertiary/aromatic N) is 1. The normalized spacial score (nSPS) is 10.7. The third-order valence-electron chi connectivity index (χ3n) is 2.49. The number of benzene rings is 1. The van der Waals surface area contributed by atoms with Gasteiger partial charge in [0.1, 0.15) is 0 Å². The lowest BCUT2D eigenvalue weighted by Gasteiger charge is -2.14. The second-order valence-corrected chi connectivity index (χ2v) is 4.47. The molecular weight excluding hydrogens is 247 g/mol. The highest BCUT2D eigenvalue weighted by Gasteiger charge is 2.10. The molecule has 0 aliphatic heterocycles. The number of nitrogens with one attached hydrogen (secondary N) is 2. The summed E-state index contributed by atoms with van der Waals surface area (Å²) in [5.74, 6) is -0.269. The van der Waals surface area contributed by atoms with Crippen molar-refractivity contribution in [1.82, 2.24) is 9.97 Å². The van der Waals surface area contributed by atoms with Crippen LogP contribution >= 0.6 is 0 Å². The minimum atomic E-state index is -0.460. The first kappa shape index (κ1) is 13.2. The quantitative estimate of drug-likeness (QED) is 0.725. The van der Waals surface area contributed by atoms with E-state index >= 15 is 0 Å². The van der Waals surface area contributed by atoms with Gasteiger partial charge in [0, 0.05) is 18.3 Å². The van der Waals surface area contributed by atoms with Crippen LogP contribution < -0.4 is 15.8 Å². The number of aromatic amines is 1. The summed E-state index contributed by atoms with van der Waals surface area (Å²) in [6, 6.07) is 2.83. The van der Waals surface area contributed by atoms with Crippen LogP contribution in [-0.2, 0) is 6.54 Å². The van der Waals surface area contributed by atoms with Crippen LogP contribution in [-0.4, -0.2) is 16.1 Å². The van der Waals surface area contributed by atoms with Crippen molar-refractivity contribution in [3.63, 3.8) is 0 Å². The molecule has 6 heteroatoms. The lowest BCUT2D eigenvalue weighted by molar-refractivity contribution is 0.231. The lowest BCUT2D eigenvalue weighted by Crippen LogP contribution is -2.09. The van der Waals surface area contributed by atoms with Crippen LogP contribution in [0.5, 0.6) is 5.75 Å². The number of aromatic nitrogens is 2. The molecule has 1 aromatic heterocycles. The van der Waals surface area contributed by atoms with E-state index in [2.05, 4.69) is 15.3 Å². The summed E-state index contributed by atoms with van der Waals surface area (Å²) in [5.41, 5.74) is 7.66. The van der Waals surface area contributed by atoms with Crippen LogP contribution in [0.25, 0.3) is 0 Å². The fraction of sp³-hybridized carbons (Fsp3) is 0.308. The Morgan fingerprint density at radius 3 is 2.89 bits per heavy atom. The number of hydrogen-bond donors (Lipinski definition) is 3. The van der Waals surface area contributed by atoms with Gasteiger partial charge in [-0.25, -0.2) is 9.37 Å². The van der Waals surface area contributed by atoms with Crippen LogP contribution in [0.4, 0.5) is 15.8 Å². The molecule has 19 heavy (non-hydrogen) atoms. The molecule has 0 atom stereocenters. The van der Waals surface area contributed by atoms with Crippen LogP contribution in [0.15, 0.2) is 24.7 Å². The highest BCUT2D eigenvalue weighted by molar-refractivity contribution is 5.68. The lowest BCUT2D eigenvalue weighted by atomic mass is 10.2. The second kappa shape index (κ2) is 5.60. The third-order valence-corrected chi connectivity index (χ3v) is 2.49. The topological polar surface area (TPSA) is 76.0 Å². The Kier molecular flexibility index (Phi) is 3.89. The maximum absolute atomic E-state index is 13.7. The van der Waals surface area contributed by atoms with Crippen LogP contribution in [0.3, 0.4) is 0 Å². The monoisotopic (exact) mass is 264 g/mol. The Hall–Kier alpha value is -2.24. The smallest absolute Gasteiger partial charge is 0.167 e. The minimum Gasteiger partial charge on any atom is -0.488 e. The van der Waals surface area contributed by atoms with Crippen molar-refractivity contribution in [3.05, 3.63) is 36.2 Å². The zero-order valence-corrected chi connectivity index (χ0v) is 10.9. The van der Waals surface area contributed by atoms with Crippen LogP contribution in [0, 0.1) is 5.82 Å². The molecule has 2 rings (SSSR count). The van der Waals surface area contributed by atoms with Crippen molar-refractivity contribution in [1.29, 1.82) is 0 Å². The molecule has 0 unspecified atom stereocenters. The zero-order valence-electron chi connectivity index (χ0n) is 10.9. The third kappa shape index (κ3) is 3.37. The maximum atomic E-state index is 13.7. The molecule has 0 radical (unpaired) electrons. The average Bonchev–Trinajstić information content (AvgIpc) is 2.83. The molecule has 2 aromatic rings. The Bertz CT molecular complexity index is 540. The maximum Gasteiger partial charge on any atom is 0.167 e. The largest absolute Gasteiger partial charge is 0.488 e. The second-order valence-electron chi connectivity index (χ2n) is 4.47. The van der Waals surface area contributed by atoms with E-state index in [4.69, 9.17) is 10.5 Å². The molecule has 0 saturated heterocycles. The molecule has 102 valence electrons. The van der Waals surface area contributed by atoms with Gasteiger partial charge in [0.05, 0.1) is 36.0 Å². The zero-order chi connectivity index (χ0) is 13.8. The van der Waals surface area contributed by atoms with Gasteiger partial charge in [-0.05, 0) is 13.8 Å². The van der Waals surface area contributed by atoms with E-state index in [1.54, 1.807) is 18.6 Å². The molecule has 0 spiro atoms. The van der Waals surface area contributed by atoms with E-state index in [0.29, 0.717) is 17.9 Å². The van der Waals surface area contributed by atoms with Gasteiger partial charge in [0.2, 0.25) is 0 Å². The van der Waals surface area contributed by atoms with Crippen molar-refractivity contribution in [2.75, 3.05) is 11.1 Å². The number of hydrogen-bond acceptors (Lipinski definition) is 4.